The van der Waals surface area contributed by atoms with E-state index in [1.165, 1.54) is 41.3 Å². The highest BCUT2D eigenvalue weighted by Crippen LogP contribution is 2.46. The Morgan fingerprint density at radius 1 is 1.08 bits per heavy atom. The van der Waals surface area contributed by atoms with E-state index in [0.717, 1.165) is 48.6 Å². The van der Waals surface area contributed by atoms with Gasteiger partial charge in [-0.2, -0.15) is 0 Å². The number of rotatable bonds is 9. The molecule has 3 aliphatic rings. The van der Waals surface area contributed by atoms with Gasteiger partial charge in [0.1, 0.15) is 17.2 Å². The highest BCUT2D eigenvalue weighted by molar-refractivity contribution is 6.07. The molecule has 6 rings (SSSR count). The van der Waals surface area contributed by atoms with Crippen molar-refractivity contribution in [2.24, 2.45) is 21.8 Å². The van der Waals surface area contributed by atoms with Gasteiger partial charge >= 0.3 is 0 Å². The maximum absolute atomic E-state index is 10.8. The quantitative estimate of drug-likeness (QED) is 0.290. The number of allylic oxidation sites excluding steroid dienone is 1. The number of unbranched alkanes of at least 4 members (excludes halogenated alkanes) is 1. The van der Waals surface area contributed by atoms with E-state index >= 15 is 0 Å². The third-order valence-electron chi connectivity index (χ3n) is 8.77. The topological polar surface area (TPSA) is 67.3 Å². The standard InChI is InChI=1S/C34H40N2O3/c1-3-5-12-22(4-2)21-38-32-20-28(35-34(36-32)25-15-8-10-17-29(25)37)27-19-31-33(24-14-7-6-13-23(24)27)26-16-9-11-18-30(26)39-31/h6-7,9-11,13-14,16-18,22,25,27,29,32,37H,3-5,8,12,15,19-21H2,1-2H3. The van der Waals surface area contributed by atoms with Crippen LogP contribution in [-0.4, -0.2) is 35.6 Å². The second kappa shape index (κ2) is 11.6. The van der Waals surface area contributed by atoms with Crippen LogP contribution in [0.1, 0.15) is 76.0 Å². The van der Waals surface area contributed by atoms with Crippen LogP contribution < -0.4 is 0 Å². The number of fused-ring (bicyclic) bond motifs is 5. The molecule has 1 N–H and O–H groups in total. The van der Waals surface area contributed by atoms with E-state index in [1.807, 2.05) is 12.1 Å². The summed E-state index contributed by atoms with van der Waals surface area (Å²) in [6.07, 6.45) is 11.1. The van der Waals surface area contributed by atoms with Crippen molar-refractivity contribution < 1.29 is 14.3 Å². The lowest BCUT2D eigenvalue weighted by Crippen LogP contribution is -2.35. The summed E-state index contributed by atoms with van der Waals surface area (Å²) in [6.45, 7) is 5.21. The summed E-state index contributed by atoms with van der Waals surface area (Å²) in [6, 6.07) is 17.0. The first-order valence-electron chi connectivity index (χ1n) is 14.9. The first-order chi connectivity index (χ1) is 19.2. The third-order valence-corrected chi connectivity index (χ3v) is 8.77. The van der Waals surface area contributed by atoms with Gasteiger partial charge < -0.3 is 14.3 Å². The molecule has 0 amide bonds. The van der Waals surface area contributed by atoms with Gasteiger partial charge in [0.25, 0.3) is 0 Å². The summed E-state index contributed by atoms with van der Waals surface area (Å²) in [4.78, 5) is 10.2. The fourth-order valence-corrected chi connectivity index (χ4v) is 6.49. The number of nitrogens with zero attached hydrogens (tertiary/aromatic N) is 2. The molecule has 0 spiro atoms. The first kappa shape index (κ1) is 26.2. The Kier molecular flexibility index (Phi) is 7.80. The molecule has 0 radical (unpaired) electrons. The van der Waals surface area contributed by atoms with E-state index in [4.69, 9.17) is 19.1 Å². The van der Waals surface area contributed by atoms with Gasteiger partial charge in [-0.3, -0.25) is 0 Å². The number of furan rings is 1. The maximum Gasteiger partial charge on any atom is 0.155 e. The summed E-state index contributed by atoms with van der Waals surface area (Å²) in [5.41, 5.74) is 5.75. The molecule has 1 aromatic heterocycles. The van der Waals surface area contributed by atoms with Crippen LogP contribution in [-0.2, 0) is 11.2 Å². The molecule has 39 heavy (non-hydrogen) atoms. The smallest absolute Gasteiger partial charge is 0.155 e. The molecule has 5 atom stereocenters. The zero-order valence-electron chi connectivity index (χ0n) is 23.2. The Bertz CT molecular complexity index is 1400. The van der Waals surface area contributed by atoms with Crippen molar-refractivity contribution in [3.8, 4) is 11.1 Å². The molecule has 1 aliphatic heterocycles. The fourth-order valence-electron chi connectivity index (χ4n) is 6.49. The minimum atomic E-state index is -0.560. The minimum Gasteiger partial charge on any atom is -0.460 e. The van der Waals surface area contributed by atoms with Crippen molar-refractivity contribution in [1.82, 2.24) is 0 Å². The highest BCUT2D eigenvalue weighted by Gasteiger charge is 2.36. The number of ether oxygens (including phenoxy) is 1. The summed E-state index contributed by atoms with van der Waals surface area (Å²) in [7, 11) is 0. The molecule has 2 aliphatic carbocycles. The van der Waals surface area contributed by atoms with Gasteiger partial charge in [-0.05, 0) is 42.4 Å². The van der Waals surface area contributed by atoms with E-state index < -0.39 is 6.10 Å². The Balaban J connectivity index is 1.34. The predicted octanol–water partition coefficient (Wildman–Crippen LogP) is 7.87. The van der Waals surface area contributed by atoms with Gasteiger partial charge in [-0.25, -0.2) is 9.98 Å². The second-order valence-corrected chi connectivity index (χ2v) is 11.3. The summed E-state index contributed by atoms with van der Waals surface area (Å²) in [5.74, 6) is 2.30. The monoisotopic (exact) mass is 524 g/mol. The third kappa shape index (κ3) is 5.27. The fraction of sp³-hybridized carbons (Fsp3) is 0.471. The zero-order chi connectivity index (χ0) is 26.8. The molecular formula is C34H40N2O3. The zero-order valence-corrected chi connectivity index (χ0v) is 23.2. The van der Waals surface area contributed by atoms with Crippen molar-refractivity contribution in [2.75, 3.05) is 6.61 Å². The molecule has 5 nitrogen and oxygen atoms in total. The van der Waals surface area contributed by atoms with Crippen LogP contribution in [0.15, 0.2) is 75.1 Å². The molecular weight excluding hydrogens is 484 g/mol. The number of aliphatic hydroxyl groups excluding tert-OH is 1. The van der Waals surface area contributed by atoms with Gasteiger partial charge in [0, 0.05) is 41.3 Å². The van der Waals surface area contributed by atoms with Crippen LogP contribution in [0.5, 0.6) is 0 Å². The second-order valence-electron chi connectivity index (χ2n) is 11.3. The molecule has 2 heterocycles. The number of para-hydroxylation sites is 1. The summed E-state index contributed by atoms with van der Waals surface area (Å²) < 4.78 is 12.9. The highest BCUT2D eigenvalue weighted by atomic mass is 16.5. The van der Waals surface area contributed by atoms with E-state index in [9.17, 15) is 5.11 Å². The summed E-state index contributed by atoms with van der Waals surface area (Å²) >= 11 is 0. The molecule has 0 bridgehead atoms. The van der Waals surface area contributed by atoms with Crippen molar-refractivity contribution in [2.45, 2.75) is 83.5 Å². The molecule has 0 saturated heterocycles. The Labute approximate surface area is 231 Å². The van der Waals surface area contributed by atoms with E-state index in [2.05, 4.69) is 62.4 Å². The van der Waals surface area contributed by atoms with Crippen LogP contribution in [0.2, 0.25) is 0 Å². The maximum atomic E-state index is 10.8. The summed E-state index contributed by atoms with van der Waals surface area (Å²) in [5, 5.41) is 12.0. The Morgan fingerprint density at radius 2 is 1.92 bits per heavy atom. The molecule has 3 aromatic rings. The normalized spacial score (nSPS) is 25.1. The lowest BCUT2D eigenvalue weighted by Gasteiger charge is -2.32. The van der Waals surface area contributed by atoms with Gasteiger partial charge in [-0.1, -0.05) is 87.7 Å². The van der Waals surface area contributed by atoms with E-state index in [0.29, 0.717) is 18.9 Å². The van der Waals surface area contributed by atoms with Gasteiger partial charge in [0.05, 0.1) is 12.7 Å². The first-order valence-corrected chi connectivity index (χ1v) is 14.9. The Hall–Kier alpha value is -3.02. The van der Waals surface area contributed by atoms with Gasteiger partial charge in [0.2, 0.25) is 0 Å². The van der Waals surface area contributed by atoms with Gasteiger partial charge in [-0.15, -0.1) is 0 Å². The predicted molar refractivity (Wildman–Crippen MR) is 158 cm³/mol. The van der Waals surface area contributed by atoms with Crippen molar-refractivity contribution in [3.05, 3.63) is 72.0 Å². The lowest BCUT2D eigenvalue weighted by molar-refractivity contribution is 0.0333. The van der Waals surface area contributed by atoms with Crippen molar-refractivity contribution >= 4 is 22.5 Å². The number of amidine groups is 1. The minimum absolute atomic E-state index is 0.0872. The largest absolute Gasteiger partial charge is 0.460 e. The van der Waals surface area contributed by atoms with E-state index in [1.54, 1.807) is 0 Å². The van der Waals surface area contributed by atoms with E-state index in [-0.39, 0.29) is 18.1 Å². The van der Waals surface area contributed by atoms with Crippen LogP contribution >= 0.6 is 0 Å². The number of benzene rings is 2. The number of aliphatic hydroxyl groups is 1. The van der Waals surface area contributed by atoms with Gasteiger partial charge in [0.15, 0.2) is 6.23 Å². The lowest BCUT2D eigenvalue weighted by atomic mass is 9.77. The average molecular weight is 525 g/mol. The molecule has 0 fully saturated rings. The molecule has 5 heteroatoms. The molecule has 2 aromatic carbocycles. The van der Waals surface area contributed by atoms with Crippen LogP contribution in [0, 0.1) is 11.8 Å². The van der Waals surface area contributed by atoms with Crippen LogP contribution in [0.25, 0.3) is 22.1 Å². The number of hydrogen-bond acceptors (Lipinski definition) is 5. The number of hydrogen-bond donors (Lipinski definition) is 1. The van der Waals surface area contributed by atoms with Crippen LogP contribution in [0.3, 0.4) is 0 Å². The molecule has 0 saturated carbocycles. The Morgan fingerprint density at radius 3 is 2.77 bits per heavy atom. The SMILES string of the molecule is CCCCC(CC)COC1CC(C2Cc3oc4ccccc4c3-c3ccccc32)=NC(C2CCC=CC2O)=N1. The van der Waals surface area contributed by atoms with Crippen molar-refractivity contribution in [1.29, 1.82) is 0 Å². The average Bonchev–Trinajstić information content (AvgIpc) is 3.36. The molecule has 204 valence electrons. The molecule has 5 unspecified atom stereocenters. The number of aliphatic imine (C=N–C) groups is 2. The van der Waals surface area contributed by atoms with Crippen LogP contribution in [0.4, 0.5) is 0 Å². The van der Waals surface area contributed by atoms with Crippen molar-refractivity contribution in [3.63, 3.8) is 0 Å².